The lowest BCUT2D eigenvalue weighted by molar-refractivity contribution is 0.225. The van der Waals surface area contributed by atoms with E-state index in [0.717, 1.165) is 42.8 Å². The lowest BCUT2D eigenvalue weighted by atomic mass is 10.1. The minimum Gasteiger partial charge on any atom is -0.488 e. The van der Waals surface area contributed by atoms with E-state index in [1.54, 1.807) is 0 Å². The summed E-state index contributed by atoms with van der Waals surface area (Å²) in [6.07, 6.45) is 2.50. The van der Waals surface area contributed by atoms with Gasteiger partial charge in [0.05, 0.1) is 0 Å². The second-order valence-electron chi connectivity index (χ2n) is 5.28. The minimum atomic E-state index is 0.285. The van der Waals surface area contributed by atoms with E-state index in [9.17, 15) is 0 Å². The van der Waals surface area contributed by atoms with Gasteiger partial charge in [-0.1, -0.05) is 29.8 Å². The number of hydrogen-bond donors (Lipinski definition) is 1. The van der Waals surface area contributed by atoms with Crippen molar-refractivity contribution in [3.63, 3.8) is 0 Å². The van der Waals surface area contributed by atoms with Crippen LogP contribution in [0.25, 0.3) is 0 Å². The van der Waals surface area contributed by atoms with Gasteiger partial charge in [-0.15, -0.1) is 0 Å². The molecule has 1 unspecified atom stereocenters. The molecule has 0 aliphatic carbocycles. The van der Waals surface area contributed by atoms with Crippen molar-refractivity contribution in [3.8, 4) is 5.75 Å². The van der Waals surface area contributed by atoms with Crippen molar-refractivity contribution in [2.24, 2.45) is 0 Å². The molecule has 1 N–H and O–H groups in total. The molecule has 0 saturated carbocycles. The number of nitrogens with zero attached hydrogens (tertiary/aromatic N) is 1. The Bertz CT molecular complexity index is 421. The van der Waals surface area contributed by atoms with Crippen LogP contribution in [0.2, 0.25) is 0 Å². The molecule has 3 nitrogen and oxygen atoms in total. The Hall–Kier alpha value is -0.580. The van der Waals surface area contributed by atoms with E-state index in [4.69, 9.17) is 4.74 Å². The van der Waals surface area contributed by atoms with Crippen LogP contribution in [0.5, 0.6) is 5.75 Å². The highest BCUT2D eigenvalue weighted by Gasteiger charge is 2.22. The predicted molar refractivity (Wildman–Crippen MR) is 87.5 cm³/mol. The first-order valence-corrected chi connectivity index (χ1v) is 8.40. The Morgan fingerprint density at radius 2 is 2.15 bits per heavy atom. The Labute approximate surface area is 130 Å². The Balaban J connectivity index is 1.63. The number of hydrogen-bond acceptors (Lipinski definition) is 3. The van der Waals surface area contributed by atoms with Crippen LogP contribution >= 0.6 is 15.9 Å². The number of rotatable bonds is 8. The molecule has 1 aromatic carbocycles. The molecule has 112 valence electrons. The van der Waals surface area contributed by atoms with Gasteiger partial charge in [-0.25, -0.2) is 0 Å². The molecule has 1 heterocycles. The molecule has 1 aliphatic rings. The molecule has 0 saturated heterocycles. The highest BCUT2D eigenvalue weighted by molar-refractivity contribution is 9.10. The molecular weight excluding hydrogens is 316 g/mol. The molecule has 0 amide bonds. The van der Waals surface area contributed by atoms with Crippen LogP contribution in [0.3, 0.4) is 0 Å². The van der Waals surface area contributed by atoms with Gasteiger partial charge in [-0.3, -0.25) is 0 Å². The molecular formula is C16H25BrN2O. The molecule has 4 heteroatoms. The van der Waals surface area contributed by atoms with Crippen LogP contribution in [-0.2, 0) is 6.42 Å². The van der Waals surface area contributed by atoms with Gasteiger partial charge in [0.2, 0.25) is 0 Å². The first kappa shape index (κ1) is 15.8. The second-order valence-corrected chi connectivity index (χ2v) is 6.20. The summed E-state index contributed by atoms with van der Waals surface area (Å²) in [7, 11) is 0. The van der Waals surface area contributed by atoms with Gasteiger partial charge in [0, 0.05) is 17.4 Å². The van der Waals surface area contributed by atoms with E-state index in [1.165, 1.54) is 18.5 Å². The Morgan fingerprint density at radius 1 is 1.35 bits per heavy atom. The molecule has 0 bridgehead atoms. The van der Waals surface area contributed by atoms with Crippen LogP contribution in [0.15, 0.2) is 22.7 Å². The van der Waals surface area contributed by atoms with Gasteiger partial charge < -0.3 is 15.0 Å². The summed E-state index contributed by atoms with van der Waals surface area (Å²) in [4.78, 5) is 2.46. The Kier molecular flexibility index (Phi) is 6.33. The average Bonchev–Trinajstić information content (AvgIpc) is 2.84. The first-order valence-electron chi connectivity index (χ1n) is 7.61. The van der Waals surface area contributed by atoms with E-state index in [0.29, 0.717) is 0 Å². The van der Waals surface area contributed by atoms with Crippen LogP contribution < -0.4 is 10.1 Å². The standard InChI is InChI=1S/C16H25BrN2O/c1-3-19(4-2)9-5-8-18-12-15-11-13-10-14(17)6-7-16(13)20-15/h6-7,10,15,18H,3-5,8-9,11-12H2,1-2H3. The van der Waals surface area contributed by atoms with Crippen molar-refractivity contribution in [2.75, 3.05) is 32.7 Å². The summed E-state index contributed by atoms with van der Waals surface area (Å²) in [5.41, 5.74) is 1.31. The van der Waals surface area contributed by atoms with E-state index in [2.05, 4.69) is 52.1 Å². The quantitative estimate of drug-likeness (QED) is 0.736. The van der Waals surface area contributed by atoms with Crippen LogP contribution in [0, 0.1) is 0 Å². The topological polar surface area (TPSA) is 24.5 Å². The van der Waals surface area contributed by atoms with Gasteiger partial charge in [-0.2, -0.15) is 0 Å². The van der Waals surface area contributed by atoms with Gasteiger partial charge >= 0.3 is 0 Å². The minimum absolute atomic E-state index is 0.285. The van der Waals surface area contributed by atoms with Gasteiger partial charge in [-0.05, 0) is 56.4 Å². The highest BCUT2D eigenvalue weighted by Crippen LogP contribution is 2.30. The summed E-state index contributed by atoms with van der Waals surface area (Å²) in [5, 5.41) is 3.52. The summed E-state index contributed by atoms with van der Waals surface area (Å²) < 4.78 is 7.07. The van der Waals surface area contributed by atoms with Gasteiger partial charge in [0.25, 0.3) is 0 Å². The maximum atomic E-state index is 5.94. The molecule has 1 atom stereocenters. The summed E-state index contributed by atoms with van der Waals surface area (Å²) in [6.45, 7) is 9.91. The zero-order valence-electron chi connectivity index (χ0n) is 12.5. The summed E-state index contributed by atoms with van der Waals surface area (Å²) in [5.74, 6) is 1.04. The Morgan fingerprint density at radius 3 is 2.90 bits per heavy atom. The number of nitrogens with one attached hydrogen (secondary N) is 1. The number of ether oxygens (including phenoxy) is 1. The molecule has 0 fully saturated rings. The van der Waals surface area contributed by atoms with Crippen molar-refractivity contribution in [1.82, 2.24) is 10.2 Å². The van der Waals surface area contributed by atoms with Crippen molar-refractivity contribution >= 4 is 15.9 Å². The third-order valence-corrected chi connectivity index (χ3v) is 4.35. The highest BCUT2D eigenvalue weighted by atomic mass is 79.9. The smallest absolute Gasteiger partial charge is 0.123 e. The van der Waals surface area contributed by atoms with Crippen LogP contribution in [-0.4, -0.2) is 43.7 Å². The number of halogens is 1. The summed E-state index contributed by atoms with van der Waals surface area (Å²) in [6, 6.07) is 6.26. The van der Waals surface area contributed by atoms with Crippen LogP contribution in [0.4, 0.5) is 0 Å². The molecule has 0 radical (unpaired) electrons. The molecule has 2 rings (SSSR count). The molecule has 20 heavy (non-hydrogen) atoms. The van der Waals surface area contributed by atoms with Crippen molar-refractivity contribution < 1.29 is 4.74 Å². The average molecular weight is 341 g/mol. The third kappa shape index (κ3) is 4.47. The lowest BCUT2D eigenvalue weighted by Crippen LogP contribution is -2.32. The number of fused-ring (bicyclic) bond motifs is 1. The van der Waals surface area contributed by atoms with Gasteiger partial charge in [0.15, 0.2) is 0 Å². The zero-order valence-corrected chi connectivity index (χ0v) is 14.1. The lowest BCUT2D eigenvalue weighted by Gasteiger charge is -2.18. The normalized spacial score (nSPS) is 17.3. The molecule has 0 spiro atoms. The number of benzene rings is 1. The largest absolute Gasteiger partial charge is 0.488 e. The zero-order chi connectivity index (χ0) is 14.4. The predicted octanol–water partition coefficient (Wildman–Crippen LogP) is 3.07. The maximum Gasteiger partial charge on any atom is 0.123 e. The SMILES string of the molecule is CCN(CC)CCCNCC1Cc2cc(Br)ccc2O1. The summed E-state index contributed by atoms with van der Waals surface area (Å²) >= 11 is 3.51. The van der Waals surface area contributed by atoms with Crippen molar-refractivity contribution in [3.05, 3.63) is 28.2 Å². The van der Waals surface area contributed by atoms with E-state index in [1.807, 2.05) is 6.07 Å². The fraction of sp³-hybridized carbons (Fsp3) is 0.625. The molecule has 1 aromatic rings. The maximum absolute atomic E-state index is 5.94. The second kappa shape index (κ2) is 8.01. The van der Waals surface area contributed by atoms with Crippen molar-refractivity contribution in [1.29, 1.82) is 0 Å². The third-order valence-electron chi connectivity index (χ3n) is 3.86. The van der Waals surface area contributed by atoms with Crippen LogP contribution in [0.1, 0.15) is 25.8 Å². The van der Waals surface area contributed by atoms with E-state index in [-0.39, 0.29) is 6.10 Å². The monoisotopic (exact) mass is 340 g/mol. The molecule has 1 aliphatic heterocycles. The van der Waals surface area contributed by atoms with E-state index < -0.39 is 0 Å². The van der Waals surface area contributed by atoms with Gasteiger partial charge in [0.1, 0.15) is 11.9 Å². The fourth-order valence-electron chi connectivity index (χ4n) is 2.63. The van der Waals surface area contributed by atoms with E-state index >= 15 is 0 Å². The molecule has 0 aromatic heterocycles. The first-order chi connectivity index (χ1) is 9.72. The van der Waals surface area contributed by atoms with Crippen molar-refractivity contribution in [2.45, 2.75) is 32.8 Å². The fourth-order valence-corrected chi connectivity index (χ4v) is 3.04.